The fourth-order valence-electron chi connectivity index (χ4n) is 4.08. The van der Waals surface area contributed by atoms with Crippen molar-refractivity contribution >= 4 is 34.7 Å². The Balaban J connectivity index is 1.78. The number of methoxy groups -OCH3 is 1. The summed E-state index contributed by atoms with van der Waals surface area (Å²) in [7, 11) is 1.44. The van der Waals surface area contributed by atoms with Crippen LogP contribution >= 0.6 is 11.6 Å². The molecule has 0 aliphatic carbocycles. The standard InChI is InChI=1S/C24H21ClN4O6/c1-35-19-7-6-16(13-18(19)25)22(30)20-21(15-4-2-5-17(12-15)29(33)34)28(24(32)23(20)31)10-3-9-27-11-8-26-14-27/h2,4-8,11-14,21,30H,3,9-10H2,1H3/t21-/m0/s1. The highest BCUT2D eigenvalue weighted by Gasteiger charge is 2.46. The van der Waals surface area contributed by atoms with Gasteiger partial charge in [-0.25, -0.2) is 4.98 Å². The van der Waals surface area contributed by atoms with Crippen LogP contribution in [0.5, 0.6) is 5.75 Å². The number of aromatic nitrogens is 2. The Bertz CT molecular complexity index is 1320. The van der Waals surface area contributed by atoms with Gasteiger partial charge in [0.05, 0.1) is 35.0 Å². The molecule has 1 aromatic heterocycles. The van der Waals surface area contributed by atoms with E-state index >= 15 is 0 Å². The Hall–Kier alpha value is -4.18. The van der Waals surface area contributed by atoms with Crippen molar-refractivity contribution in [3.05, 3.63) is 93.0 Å². The first-order valence-corrected chi connectivity index (χ1v) is 11.0. The molecule has 11 heteroatoms. The summed E-state index contributed by atoms with van der Waals surface area (Å²) in [4.78, 5) is 42.3. The first-order chi connectivity index (χ1) is 16.8. The third-order valence-electron chi connectivity index (χ3n) is 5.74. The molecule has 1 fully saturated rings. The quantitative estimate of drug-likeness (QED) is 0.164. The Morgan fingerprint density at radius 1 is 1.23 bits per heavy atom. The van der Waals surface area contributed by atoms with Gasteiger partial charge in [0.15, 0.2) is 0 Å². The Labute approximate surface area is 205 Å². The number of hydrogen-bond acceptors (Lipinski definition) is 7. The van der Waals surface area contributed by atoms with E-state index < -0.39 is 28.4 Å². The van der Waals surface area contributed by atoms with Crippen molar-refractivity contribution in [2.75, 3.05) is 13.7 Å². The number of ketones is 1. The van der Waals surface area contributed by atoms with E-state index in [1.807, 2.05) is 4.57 Å². The maximum Gasteiger partial charge on any atom is 0.295 e. The smallest absolute Gasteiger partial charge is 0.295 e. The topological polar surface area (TPSA) is 128 Å². The van der Waals surface area contributed by atoms with Crippen LogP contribution in [-0.4, -0.2) is 49.8 Å². The van der Waals surface area contributed by atoms with Crippen molar-refractivity contribution in [2.24, 2.45) is 0 Å². The summed E-state index contributed by atoms with van der Waals surface area (Å²) in [6, 6.07) is 9.12. The number of aryl methyl sites for hydroxylation is 1. The van der Waals surface area contributed by atoms with Crippen LogP contribution in [-0.2, 0) is 16.1 Å². The molecular formula is C24H21ClN4O6. The first kappa shape index (κ1) is 24.0. The number of benzene rings is 2. The van der Waals surface area contributed by atoms with E-state index in [2.05, 4.69) is 4.98 Å². The highest BCUT2D eigenvalue weighted by molar-refractivity contribution is 6.46. The normalized spacial score (nSPS) is 17.1. The fraction of sp³-hybridized carbons (Fsp3) is 0.208. The number of aliphatic hydroxyl groups is 1. The summed E-state index contributed by atoms with van der Waals surface area (Å²) in [6.45, 7) is 0.717. The van der Waals surface area contributed by atoms with Crippen LogP contribution in [0, 0.1) is 10.1 Å². The zero-order valence-electron chi connectivity index (χ0n) is 18.6. The number of non-ortho nitro benzene ring substituents is 1. The van der Waals surface area contributed by atoms with Gasteiger partial charge in [0.1, 0.15) is 11.5 Å². The van der Waals surface area contributed by atoms with Gasteiger partial charge in [-0.3, -0.25) is 19.7 Å². The van der Waals surface area contributed by atoms with Crippen molar-refractivity contribution < 1.29 is 24.4 Å². The molecule has 1 saturated heterocycles. The molecule has 1 aliphatic rings. The molecule has 3 aromatic rings. The van der Waals surface area contributed by atoms with Crippen LogP contribution < -0.4 is 4.74 Å². The molecule has 35 heavy (non-hydrogen) atoms. The number of Topliss-reactive ketones (excluding diaryl/α,β-unsaturated/α-hetero) is 1. The minimum atomic E-state index is -1.02. The highest BCUT2D eigenvalue weighted by atomic mass is 35.5. The second-order valence-corrected chi connectivity index (χ2v) is 8.26. The number of halogens is 1. The number of imidazole rings is 1. The molecule has 180 valence electrons. The number of nitro benzene ring substituents is 1. The van der Waals surface area contributed by atoms with E-state index in [9.17, 15) is 24.8 Å². The van der Waals surface area contributed by atoms with E-state index in [-0.39, 0.29) is 28.4 Å². The van der Waals surface area contributed by atoms with Gasteiger partial charge in [0, 0.05) is 43.2 Å². The predicted octanol–water partition coefficient (Wildman–Crippen LogP) is 3.97. The third-order valence-corrected chi connectivity index (χ3v) is 6.03. The number of nitrogens with zero attached hydrogens (tertiary/aromatic N) is 4. The maximum absolute atomic E-state index is 13.1. The van der Waals surface area contributed by atoms with E-state index in [1.165, 1.54) is 48.4 Å². The van der Waals surface area contributed by atoms with Gasteiger partial charge in [-0.05, 0) is 30.2 Å². The SMILES string of the molecule is COc1ccc(C(O)=C2C(=O)C(=O)N(CCCn3ccnc3)[C@H]2c2cccc([N+](=O)[O-])c2)cc1Cl. The molecule has 0 unspecified atom stereocenters. The van der Waals surface area contributed by atoms with E-state index in [4.69, 9.17) is 16.3 Å². The van der Waals surface area contributed by atoms with Gasteiger partial charge >= 0.3 is 0 Å². The van der Waals surface area contributed by atoms with E-state index in [0.717, 1.165) is 0 Å². The minimum absolute atomic E-state index is 0.167. The number of carbonyl (C=O) groups is 2. The lowest BCUT2D eigenvalue weighted by atomic mass is 9.95. The van der Waals surface area contributed by atoms with Crippen LogP contribution in [0.25, 0.3) is 5.76 Å². The van der Waals surface area contributed by atoms with Crippen LogP contribution in [0.3, 0.4) is 0 Å². The largest absolute Gasteiger partial charge is 0.507 e. The molecule has 0 spiro atoms. The van der Waals surface area contributed by atoms with Crippen LogP contribution in [0.2, 0.25) is 5.02 Å². The zero-order valence-corrected chi connectivity index (χ0v) is 19.4. The number of ether oxygens (including phenoxy) is 1. The molecule has 2 aromatic carbocycles. The lowest BCUT2D eigenvalue weighted by Gasteiger charge is -2.25. The molecule has 1 aliphatic heterocycles. The van der Waals surface area contributed by atoms with Gasteiger partial charge < -0.3 is 19.3 Å². The van der Waals surface area contributed by atoms with Crippen molar-refractivity contribution in [3.8, 4) is 5.75 Å². The number of likely N-dealkylation sites (tertiary alicyclic amines) is 1. The summed E-state index contributed by atoms with van der Waals surface area (Å²) in [6.07, 6.45) is 5.54. The van der Waals surface area contributed by atoms with Crippen LogP contribution in [0.1, 0.15) is 23.6 Å². The number of aliphatic hydroxyl groups excluding tert-OH is 1. The second kappa shape index (κ2) is 9.98. The Kier molecular flexibility index (Phi) is 6.83. The maximum atomic E-state index is 13.1. The summed E-state index contributed by atoms with van der Waals surface area (Å²) < 4.78 is 6.96. The molecule has 1 atom stereocenters. The third kappa shape index (κ3) is 4.73. The van der Waals surface area contributed by atoms with E-state index in [0.29, 0.717) is 24.3 Å². The van der Waals surface area contributed by atoms with Crippen LogP contribution in [0.4, 0.5) is 5.69 Å². The predicted molar refractivity (Wildman–Crippen MR) is 127 cm³/mol. The Morgan fingerprint density at radius 3 is 2.69 bits per heavy atom. The lowest BCUT2D eigenvalue weighted by molar-refractivity contribution is -0.384. The Morgan fingerprint density at radius 2 is 2.03 bits per heavy atom. The monoisotopic (exact) mass is 496 g/mol. The molecule has 0 bridgehead atoms. The number of carbonyl (C=O) groups excluding carboxylic acids is 2. The minimum Gasteiger partial charge on any atom is -0.507 e. The first-order valence-electron chi connectivity index (χ1n) is 10.6. The van der Waals surface area contributed by atoms with Gasteiger partial charge in [0.25, 0.3) is 17.4 Å². The number of nitro groups is 1. The van der Waals surface area contributed by atoms with Gasteiger partial charge in [-0.15, -0.1) is 0 Å². The number of rotatable bonds is 8. The summed E-state index contributed by atoms with van der Waals surface area (Å²) in [5.41, 5.74) is 0.184. The summed E-state index contributed by atoms with van der Waals surface area (Å²) in [5, 5.41) is 22.7. The zero-order chi connectivity index (χ0) is 25.1. The van der Waals surface area contributed by atoms with Crippen molar-refractivity contribution in [1.29, 1.82) is 0 Å². The summed E-state index contributed by atoms with van der Waals surface area (Å²) >= 11 is 6.20. The fourth-order valence-corrected chi connectivity index (χ4v) is 4.34. The molecule has 0 radical (unpaired) electrons. The second-order valence-electron chi connectivity index (χ2n) is 7.85. The summed E-state index contributed by atoms with van der Waals surface area (Å²) in [5.74, 6) is -1.73. The van der Waals surface area contributed by atoms with Crippen molar-refractivity contribution in [1.82, 2.24) is 14.5 Å². The number of hydrogen-bond donors (Lipinski definition) is 1. The molecule has 10 nitrogen and oxygen atoms in total. The molecular weight excluding hydrogens is 476 g/mol. The molecule has 2 heterocycles. The molecule has 1 amide bonds. The van der Waals surface area contributed by atoms with Gasteiger partial charge in [0.2, 0.25) is 0 Å². The lowest BCUT2D eigenvalue weighted by Crippen LogP contribution is -2.31. The average molecular weight is 497 g/mol. The highest BCUT2D eigenvalue weighted by Crippen LogP contribution is 2.41. The molecule has 0 saturated carbocycles. The van der Waals surface area contributed by atoms with Gasteiger partial charge in [-0.1, -0.05) is 23.7 Å². The molecule has 4 rings (SSSR count). The number of amides is 1. The van der Waals surface area contributed by atoms with Gasteiger partial charge in [-0.2, -0.15) is 0 Å². The van der Waals surface area contributed by atoms with Crippen molar-refractivity contribution in [3.63, 3.8) is 0 Å². The van der Waals surface area contributed by atoms with Crippen LogP contribution in [0.15, 0.2) is 66.8 Å². The molecule has 1 N–H and O–H groups in total. The van der Waals surface area contributed by atoms with Crippen molar-refractivity contribution in [2.45, 2.75) is 19.0 Å². The average Bonchev–Trinajstić information content (AvgIpc) is 3.46. The van der Waals surface area contributed by atoms with E-state index in [1.54, 1.807) is 24.8 Å².